The van der Waals surface area contributed by atoms with Crippen molar-refractivity contribution in [3.63, 3.8) is 0 Å². The lowest BCUT2D eigenvalue weighted by Gasteiger charge is -2.49. The molecular formula is C23H20N2O7. The number of aliphatic hydroxyl groups is 1. The van der Waals surface area contributed by atoms with Gasteiger partial charge in [0.1, 0.15) is 5.92 Å². The summed E-state index contributed by atoms with van der Waals surface area (Å²) in [5, 5.41) is 39.6. The maximum Gasteiger partial charge on any atom is 0.259 e. The van der Waals surface area contributed by atoms with E-state index in [0.717, 1.165) is 10.8 Å². The Bertz CT molecular complexity index is 1230. The molecule has 0 aromatic heterocycles. The third-order valence-electron chi connectivity index (χ3n) is 7.43. The van der Waals surface area contributed by atoms with Crippen LogP contribution in [0, 0.1) is 26.1 Å². The Labute approximate surface area is 181 Å². The standard InChI is InChI=1S/C23H20N2O7/c26-23-10-16(17-11-31-22(23)32-17)20(24(27)28)19(21(23)25(29)30)18-14-7-3-1-5-12(14)9-13-6-2-4-8-15(13)18/h1-9,16-17,19-22,26H,10-11H2. The van der Waals surface area contributed by atoms with Crippen LogP contribution in [0.1, 0.15) is 17.9 Å². The molecule has 164 valence electrons. The van der Waals surface area contributed by atoms with Crippen LogP contribution < -0.4 is 0 Å². The summed E-state index contributed by atoms with van der Waals surface area (Å²) in [5.74, 6) is -1.86. The lowest BCUT2D eigenvalue weighted by Crippen LogP contribution is -2.69. The fourth-order valence-electron chi connectivity index (χ4n) is 6.21. The van der Waals surface area contributed by atoms with Crippen LogP contribution in [-0.2, 0) is 9.47 Å². The second kappa shape index (κ2) is 6.68. The summed E-state index contributed by atoms with van der Waals surface area (Å²) in [6.45, 7) is 0.0788. The van der Waals surface area contributed by atoms with E-state index < -0.39 is 51.8 Å². The first-order valence-electron chi connectivity index (χ1n) is 10.6. The van der Waals surface area contributed by atoms with Crippen molar-refractivity contribution in [1.82, 2.24) is 0 Å². The van der Waals surface area contributed by atoms with Gasteiger partial charge in [-0.05, 0) is 39.6 Å². The zero-order valence-corrected chi connectivity index (χ0v) is 16.9. The maximum absolute atomic E-state index is 12.5. The van der Waals surface area contributed by atoms with Crippen molar-refractivity contribution in [1.29, 1.82) is 0 Å². The third-order valence-corrected chi connectivity index (χ3v) is 7.43. The van der Waals surface area contributed by atoms with Gasteiger partial charge in [-0.15, -0.1) is 0 Å². The molecule has 2 heterocycles. The molecule has 2 saturated heterocycles. The summed E-state index contributed by atoms with van der Waals surface area (Å²) in [4.78, 5) is 23.9. The highest BCUT2D eigenvalue weighted by Crippen LogP contribution is 2.55. The summed E-state index contributed by atoms with van der Waals surface area (Å²) >= 11 is 0. The Morgan fingerprint density at radius 3 is 2.19 bits per heavy atom. The number of hydrogen-bond acceptors (Lipinski definition) is 7. The van der Waals surface area contributed by atoms with Crippen molar-refractivity contribution in [3.05, 3.63) is 80.4 Å². The van der Waals surface area contributed by atoms with Gasteiger partial charge in [0.2, 0.25) is 6.04 Å². The van der Waals surface area contributed by atoms with Crippen molar-refractivity contribution in [2.24, 2.45) is 5.92 Å². The number of rotatable bonds is 3. The molecule has 9 heteroatoms. The van der Waals surface area contributed by atoms with E-state index in [9.17, 15) is 25.3 Å². The molecule has 32 heavy (non-hydrogen) atoms. The molecule has 3 fully saturated rings. The van der Waals surface area contributed by atoms with Crippen LogP contribution in [0.25, 0.3) is 21.5 Å². The van der Waals surface area contributed by atoms with Crippen molar-refractivity contribution < 1.29 is 24.4 Å². The molecule has 7 atom stereocenters. The molecule has 7 unspecified atom stereocenters. The van der Waals surface area contributed by atoms with Crippen LogP contribution in [-0.4, -0.2) is 51.6 Å². The van der Waals surface area contributed by atoms with Gasteiger partial charge in [0.05, 0.1) is 18.6 Å². The minimum atomic E-state index is -1.96. The normalized spacial score (nSPS) is 35.8. The SMILES string of the molecule is O=[N+]([O-])C1C2CC(O)(C3OCC2O3)C([N+](=O)[O-])C1c1c2ccccc2cc2ccccc12. The number of nitro groups is 2. The van der Waals surface area contributed by atoms with Gasteiger partial charge in [-0.2, -0.15) is 0 Å². The molecular weight excluding hydrogens is 416 g/mol. The lowest BCUT2D eigenvalue weighted by molar-refractivity contribution is -0.607. The first kappa shape index (κ1) is 19.5. The molecule has 4 bridgehead atoms. The first-order valence-corrected chi connectivity index (χ1v) is 10.6. The number of hydrogen-bond donors (Lipinski definition) is 1. The van der Waals surface area contributed by atoms with Crippen molar-refractivity contribution in [2.75, 3.05) is 6.61 Å². The van der Waals surface area contributed by atoms with Gasteiger partial charge in [-0.3, -0.25) is 20.2 Å². The highest BCUT2D eigenvalue weighted by molar-refractivity contribution is 6.02. The average molecular weight is 436 g/mol. The number of ether oxygens (including phenoxy) is 2. The minimum absolute atomic E-state index is 0.0788. The van der Waals surface area contributed by atoms with Crippen LogP contribution in [0.2, 0.25) is 0 Å². The van der Waals surface area contributed by atoms with E-state index in [-0.39, 0.29) is 13.0 Å². The smallest absolute Gasteiger partial charge is 0.259 e. The molecule has 0 amide bonds. The van der Waals surface area contributed by atoms with E-state index in [1.54, 1.807) is 0 Å². The van der Waals surface area contributed by atoms with Gasteiger partial charge >= 0.3 is 0 Å². The minimum Gasteiger partial charge on any atom is -0.378 e. The predicted molar refractivity (Wildman–Crippen MR) is 113 cm³/mol. The summed E-state index contributed by atoms with van der Waals surface area (Å²) < 4.78 is 11.3. The van der Waals surface area contributed by atoms with Gasteiger partial charge in [0.15, 0.2) is 11.9 Å². The van der Waals surface area contributed by atoms with Crippen LogP contribution in [0.5, 0.6) is 0 Å². The van der Waals surface area contributed by atoms with E-state index in [0.29, 0.717) is 16.3 Å². The Hall–Kier alpha value is -3.14. The zero-order valence-electron chi connectivity index (χ0n) is 16.9. The molecule has 0 radical (unpaired) electrons. The van der Waals surface area contributed by atoms with Crippen LogP contribution in [0.3, 0.4) is 0 Å². The Morgan fingerprint density at radius 1 is 0.969 bits per heavy atom. The van der Waals surface area contributed by atoms with E-state index in [1.807, 2.05) is 54.6 Å². The first-order chi connectivity index (χ1) is 15.4. The maximum atomic E-state index is 12.5. The van der Waals surface area contributed by atoms with Crippen LogP contribution in [0.15, 0.2) is 54.6 Å². The van der Waals surface area contributed by atoms with Crippen molar-refractivity contribution >= 4 is 21.5 Å². The van der Waals surface area contributed by atoms with Crippen molar-refractivity contribution in [2.45, 2.75) is 42.4 Å². The topological polar surface area (TPSA) is 125 Å². The van der Waals surface area contributed by atoms with Crippen LogP contribution in [0.4, 0.5) is 0 Å². The second-order valence-electron chi connectivity index (χ2n) is 8.96. The number of benzene rings is 3. The summed E-state index contributed by atoms with van der Waals surface area (Å²) in [5.41, 5.74) is -1.43. The Kier molecular flexibility index (Phi) is 4.08. The fraction of sp³-hybridized carbons (Fsp3) is 0.391. The molecule has 0 spiro atoms. The molecule has 6 rings (SSSR count). The van der Waals surface area contributed by atoms with Gasteiger partial charge in [0, 0.05) is 9.85 Å². The Morgan fingerprint density at radius 2 is 1.59 bits per heavy atom. The summed E-state index contributed by atoms with van der Waals surface area (Å²) in [6, 6.07) is 13.8. The van der Waals surface area contributed by atoms with Gasteiger partial charge in [-0.1, -0.05) is 48.5 Å². The quantitative estimate of drug-likeness (QED) is 0.380. The molecule has 9 nitrogen and oxygen atoms in total. The molecule has 2 aliphatic heterocycles. The monoisotopic (exact) mass is 436 g/mol. The number of nitrogens with zero attached hydrogens (tertiary/aromatic N) is 2. The average Bonchev–Trinajstić information content (AvgIpc) is 3.23. The highest BCUT2D eigenvalue weighted by atomic mass is 16.7. The second-order valence-corrected chi connectivity index (χ2v) is 8.96. The molecule has 3 aliphatic rings. The lowest BCUT2D eigenvalue weighted by atomic mass is 9.60. The third kappa shape index (κ3) is 2.49. The van der Waals surface area contributed by atoms with E-state index in [2.05, 4.69) is 0 Å². The Balaban J connectivity index is 1.71. The largest absolute Gasteiger partial charge is 0.378 e. The molecule has 1 N–H and O–H groups in total. The van der Waals surface area contributed by atoms with Gasteiger partial charge < -0.3 is 14.6 Å². The van der Waals surface area contributed by atoms with Gasteiger partial charge in [0.25, 0.3) is 6.04 Å². The van der Waals surface area contributed by atoms with E-state index >= 15 is 0 Å². The highest BCUT2D eigenvalue weighted by Gasteiger charge is 2.73. The zero-order chi connectivity index (χ0) is 22.2. The molecule has 1 aliphatic carbocycles. The molecule has 1 saturated carbocycles. The molecule has 3 aromatic rings. The fourth-order valence-corrected chi connectivity index (χ4v) is 6.21. The van der Waals surface area contributed by atoms with Gasteiger partial charge in [-0.25, -0.2) is 0 Å². The number of fused-ring (bicyclic) bond motifs is 8. The van der Waals surface area contributed by atoms with Crippen LogP contribution >= 0.6 is 0 Å². The van der Waals surface area contributed by atoms with E-state index in [1.165, 1.54) is 0 Å². The summed E-state index contributed by atoms with van der Waals surface area (Å²) in [7, 11) is 0. The van der Waals surface area contributed by atoms with Crippen molar-refractivity contribution in [3.8, 4) is 0 Å². The molecule has 3 aromatic carbocycles. The summed E-state index contributed by atoms with van der Waals surface area (Å²) in [6.07, 6.45) is -1.85. The predicted octanol–water partition coefficient (Wildman–Crippen LogP) is 2.87. The van der Waals surface area contributed by atoms with E-state index in [4.69, 9.17) is 9.47 Å².